The molecule has 0 unspecified atom stereocenters. The van der Waals surface area contributed by atoms with Crippen molar-refractivity contribution >= 4 is 11.3 Å². The number of rotatable bonds is 3. The third-order valence-electron chi connectivity index (χ3n) is 1.42. The fraction of sp³-hybridized carbons (Fsp3) is 0.667. The molecule has 0 saturated heterocycles. The Morgan fingerprint density at radius 1 is 1.50 bits per heavy atom. The zero-order valence-corrected chi connectivity index (χ0v) is 8.74. The Bertz CT molecular complexity index is 211. The van der Waals surface area contributed by atoms with E-state index in [4.69, 9.17) is 0 Å². The van der Waals surface area contributed by atoms with Gasteiger partial charge in [0.1, 0.15) is 5.01 Å². The Labute approximate surface area is 78.0 Å². The van der Waals surface area contributed by atoms with Gasteiger partial charge < -0.3 is 5.32 Å². The molecule has 12 heavy (non-hydrogen) atoms. The van der Waals surface area contributed by atoms with Crippen LogP contribution in [0, 0.1) is 5.41 Å². The second-order valence-electron chi connectivity index (χ2n) is 4.09. The summed E-state index contributed by atoms with van der Waals surface area (Å²) in [7, 11) is 0. The predicted octanol–water partition coefficient (Wildman–Crippen LogP) is 2.28. The van der Waals surface area contributed by atoms with Gasteiger partial charge in [-0.25, -0.2) is 4.98 Å². The average molecular weight is 184 g/mol. The Morgan fingerprint density at radius 2 is 2.25 bits per heavy atom. The molecule has 0 atom stereocenters. The largest absolute Gasteiger partial charge is 0.310 e. The highest BCUT2D eigenvalue weighted by Crippen LogP contribution is 2.11. The first kappa shape index (κ1) is 9.68. The highest BCUT2D eigenvalue weighted by molar-refractivity contribution is 7.09. The highest BCUT2D eigenvalue weighted by Gasteiger charge is 2.08. The van der Waals surface area contributed by atoms with Crippen molar-refractivity contribution in [2.45, 2.75) is 27.3 Å². The van der Waals surface area contributed by atoms with Crippen LogP contribution >= 0.6 is 11.3 Å². The first-order valence-electron chi connectivity index (χ1n) is 4.17. The van der Waals surface area contributed by atoms with Crippen LogP contribution in [0.5, 0.6) is 0 Å². The maximum atomic E-state index is 4.19. The molecule has 0 spiro atoms. The molecule has 1 heterocycles. The van der Waals surface area contributed by atoms with Crippen molar-refractivity contribution in [3.05, 3.63) is 16.6 Å². The van der Waals surface area contributed by atoms with E-state index in [0.717, 1.165) is 13.1 Å². The van der Waals surface area contributed by atoms with Gasteiger partial charge in [0, 0.05) is 24.7 Å². The molecule has 0 amide bonds. The molecule has 1 N–H and O–H groups in total. The third-order valence-corrected chi connectivity index (χ3v) is 2.19. The van der Waals surface area contributed by atoms with Crippen LogP contribution in [-0.4, -0.2) is 11.5 Å². The summed E-state index contributed by atoms with van der Waals surface area (Å²) >= 11 is 1.70. The van der Waals surface area contributed by atoms with Crippen LogP contribution in [0.3, 0.4) is 0 Å². The van der Waals surface area contributed by atoms with Crippen LogP contribution in [0.4, 0.5) is 0 Å². The minimum Gasteiger partial charge on any atom is -0.310 e. The maximum absolute atomic E-state index is 4.19. The van der Waals surface area contributed by atoms with E-state index in [0.29, 0.717) is 5.41 Å². The minimum atomic E-state index is 0.358. The third kappa shape index (κ3) is 3.83. The van der Waals surface area contributed by atoms with Crippen LogP contribution in [0.15, 0.2) is 11.6 Å². The summed E-state index contributed by atoms with van der Waals surface area (Å²) in [6.07, 6.45) is 1.85. The first-order valence-corrected chi connectivity index (χ1v) is 5.05. The van der Waals surface area contributed by atoms with Crippen molar-refractivity contribution in [2.24, 2.45) is 5.41 Å². The lowest BCUT2D eigenvalue weighted by atomic mass is 9.97. The van der Waals surface area contributed by atoms with E-state index < -0.39 is 0 Å². The summed E-state index contributed by atoms with van der Waals surface area (Å²) in [5, 5.41) is 6.55. The van der Waals surface area contributed by atoms with E-state index >= 15 is 0 Å². The van der Waals surface area contributed by atoms with Crippen molar-refractivity contribution in [1.29, 1.82) is 0 Å². The SMILES string of the molecule is CC(C)(C)CNCc1nccs1. The lowest BCUT2D eigenvalue weighted by Crippen LogP contribution is -2.26. The summed E-state index contributed by atoms with van der Waals surface area (Å²) in [5.41, 5.74) is 0.358. The lowest BCUT2D eigenvalue weighted by Gasteiger charge is -2.17. The second kappa shape index (κ2) is 4.01. The molecule has 1 rings (SSSR count). The smallest absolute Gasteiger partial charge is 0.106 e. The summed E-state index contributed by atoms with van der Waals surface area (Å²) in [6, 6.07) is 0. The van der Waals surface area contributed by atoms with Crippen LogP contribution in [0.25, 0.3) is 0 Å². The first-order chi connectivity index (χ1) is 5.58. The van der Waals surface area contributed by atoms with Crippen molar-refractivity contribution in [1.82, 2.24) is 10.3 Å². The van der Waals surface area contributed by atoms with Crippen LogP contribution in [0.1, 0.15) is 25.8 Å². The molecule has 0 aliphatic rings. The second-order valence-corrected chi connectivity index (χ2v) is 5.07. The summed E-state index contributed by atoms with van der Waals surface area (Å²) in [5.74, 6) is 0. The molecular weight excluding hydrogens is 168 g/mol. The van der Waals surface area contributed by atoms with E-state index in [1.165, 1.54) is 5.01 Å². The number of thiazole rings is 1. The van der Waals surface area contributed by atoms with Crippen molar-refractivity contribution < 1.29 is 0 Å². The van der Waals surface area contributed by atoms with E-state index in [2.05, 4.69) is 31.1 Å². The van der Waals surface area contributed by atoms with Crippen LogP contribution < -0.4 is 5.32 Å². The van der Waals surface area contributed by atoms with Gasteiger partial charge >= 0.3 is 0 Å². The monoisotopic (exact) mass is 184 g/mol. The van der Waals surface area contributed by atoms with E-state index in [1.54, 1.807) is 11.3 Å². The molecule has 0 aromatic carbocycles. The Balaban J connectivity index is 2.20. The van der Waals surface area contributed by atoms with E-state index in [1.807, 2.05) is 11.6 Å². The predicted molar refractivity (Wildman–Crippen MR) is 53.3 cm³/mol. The van der Waals surface area contributed by atoms with Gasteiger partial charge in [0.05, 0.1) is 0 Å². The van der Waals surface area contributed by atoms with Crippen molar-refractivity contribution in [3.63, 3.8) is 0 Å². The van der Waals surface area contributed by atoms with Crippen molar-refractivity contribution in [2.75, 3.05) is 6.54 Å². The quantitative estimate of drug-likeness (QED) is 0.779. The van der Waals surface area contributed by atoms with Gasteiger partial charge in [0.2, 0.25) is 0 Å². The summed E-state index contributed by atoms with van der Waals surface area (Å²) in [6.45, 7) is 8.60. The lowest BCUT2D eigenvalue weighted by molar-refractivity contribution is 0.379. The Hall–Kier alpha value is -0.410. The fourth-order valence-corrected chi connectivity index (χ4v) is 1.47. The molecule has 0 bridgehead atoms. The number of aromatic nitrogens is 1. The van der Waals surface area contributed by atoms with Crippen LogP contribution in [-0.2, 0) is 6.54 Å². The molecule has 68 valence electrons. The molecule has 0 saturated carbocycles. The number of hydrogen-bond donors (Lipinski definition) is 1. The van der Waals surface area contributed by atoms with Gasteiger partial charge in [-0.2, -0.15) is 0 Å². The topological polar surface area (TPSA) is 24.9 Å². The number of nitrogens with one attached hydrogen (secondary N) is 1. The van der Waals surface area contributed by atoms with Gasteiger partial charge in [-0.15, -0.1) is 11.3 Å². The standard InChI is InChI=1S/C9H16N2S/c1-9(2,3)7-10-6-8-11-4-5-12-8/h4-5,10H,6-7H2,1-3H3. The zero-order valence-electron chi connectivity index (χ0n) is 7.92. The fourth-order valence-electron chi connectivity index (χ4n) is 0.885. The molecule has 0 radical (unpaired) electrons. The molecule has 1 aromatic rings. The Kier molecular flexibility index (Phi) is 3.23. The van der Waals surface area contributed by atoms with Crippen LogP contribution in [0.2, 0.25) is 0 Å². The molecular formula is C9H16N2S. The van der Waals surface area contributed by atoms with Gasteiger partial charge in [-0.3, -0.25) is 0 Å². The average Bonchev–Trinajstić information content (AvgIpc) is 2.36. The molecule has 0 aliphatic heterocycles. The van der Waals surface area contributed by atoms with Gasteiger partial charge in [0.25, 0.3) is 0 Å². The summed E-state index contributed by atoms with van der Waals surface area (Å²) < 4.78 is 0. The molecule has 1 aromatic heterocycles. The number of nitrogens with zero attached hydrogens (tertiary/aromatic N) is 1. The van der Waals surface area contributed by atoms with Crippen molar-refractivity contribution in [3.8, 4) is 0 Å². The normalized spacial score (nSPS) is 11.9. The molecule has 0 fully saturated rings. The highest BCUT2D eigenvalue weighted by atomic mass is 32.1. The molecule has 2 nitrogen and oxygen atoms in total. The summed E-state index contributed by atoms with van der Waals surface area (Å²) in [4.78, 5) is 4.19. The van der Waals surface area contributed by atoms with E-state index in [9.17, 15) is 0 Å². The van der Waals surface area contributed by atoms with Gasteiger partial charge in [-0.1, -0.05) is 20.8 Å². The zero-order chi connectivity index (χ0) is 9.03. The maximum Gasteiger partial charge on any atom is 0.106 e. The minimum absolute atomic E-state index is 0.358. The van der Waals surface area contributed by atoms with Gasteiger partial charge in [-0.05, 0) is 5.41 Å². The molecule has 0 aliphatic carbocycles. The molecule has 3 heteroatoms. The van der Waals surface area contributed by atoms with E-state index in [-0.39, 0.29) is 0 Å². The Morgan fingerprint density at radius 3 is 2.75 bits per heavy atom. The van der Waals surface area contributed by atoms with Gasteiger partial charge in [0.15, 0.2) is 0 Å². The number of hydrogen-bond acceptors (Lipinski definition) is 3.